The van der Waals surface area contributed by atoms with E-state index in [0.29, 0.717) is 12.6 Å². The number of hydrogen-bond donors (Lipinski definition) is 1. The van der Waals surface area contributed by atoms with Crippen molar-refractivity contribution in [1.82, 2.24) is 5.32 Å². The SMILES string of the molecule is CCS(=O)(=O)CCNC1CCc2ccccc21. The molecule has 1 aliphatic rings. The van der Waals surface area contributed by atoms with Crippen LogP contribution in [0.2, 0.25) is 0 Å². The Morgan fingerprint density at radius 1 is 1.35 bits per heavy atom. The first-order chi connectivity index (χ1) is 8.12. The van der Waals surface area contributed by atoms with Gasteiger partial charge in [0.25, 0.3) is 0 Å². The third kappa shape index (κ3) is 3.07. The second-order valence-electron chi connectivity index (χ2n) is 4.48. The lowest BCUT2D eigenvalue weighted by Crippen LogP contribution is -2.26. The van der Waals surface area contributed by atoms with Crippen molar-refractivity contribution in [2.75, 3.05) is 18.1 Å². The van der Waals surface area contributed by atoms with Crippen molar-refractivity contribution >= 4 is 9.84 Å². The topological polar surface area (TPSA) is 46.2 Å². The van der Waals surface area contributed by atoms with Crippen molar-refractivity contribution in [2.24, 2.45) is 0 Å². The number of benzene rings is 1. The summed E-state index contributed by atoms with van der Waals surface area (Å²) in [7, 11) is -2.85. The summed E-state index contributed by atoms with van der Waals surface area (Å²) in [6.07, 6.45) is 2.17. The van der Waals surface area contributed by atoms with Gasteiger partial charge in [0.05, 0.1) is 5.75 Å². The Labute approximate surface area is 103 Å². The molecule has 0 saturated carbocycles. The lowest BCUT2D eigenvalue weighted by atomic mass is 10.1. The summed E-state index contributed by atoms with van der Waals surface area (Å²) in [4.78, 5) is 0. The molecule has 1 aromatic rings. The first kappa shape index (κ1) is 12.6. The highest BCUT2D eigenvalue weighted by atomic mass is 32.2. The van der Waals surface area contributed by atoms with E-state index in [9.17, 15) is 8.42 Å². The molecular weight excluding hydrogens is 234 g/mol. The average molecular weight is 253 g/mol. The molecule has 1 N–H and O–H groups in total. The minimum absolute atomic E-state index is 0.232. The van der Waals surface area contributed by atoms with Crippen molar-refractivity contribution in [3.05, 3.63) is 35.4 Å². The van der Waals surface area contributed by atoms with Crippen LogP contribution in [0.1, 0.15) is 30.5 Å². The summed E-state index contributed by atoms with van der Waals surface area (Å²) < 4.78 is 22.8. The summed E-state index contributed by atoms with van der Waals surface area (Å²) in [5, 5.41) is 3.35. The Kier molecular flexibility index (Phi) is 3.84. The molecule has 4 heteroatoms. The molecular formula is C13H19NO2S. The smallest absolute Gasteiger partial charge is 0.151 e. The molecule has 1 aliphatic carbocycles. The number of sulfone groups is 1. The van der Waals surface area contributed by atoms with Gasteiger partial charge in [0, 0.05) is 18.3 Å². The van der Waals surface area contributed by atoms with Crippen LogP contribution in [0.15, 0.2) is 24.3 Å². The van der Waals surface area contributed by atoms with Gasteiger partial charge in [-0.1, -0.05) is 31.2 Å². The van der Waals surface area contributed by atoms with Crippen molar-refractivity contribution in [3.63, 3.8) is 0 Å². The molecule has 2 rings (SSSR count). The monoisotopic (exact) mass is 253 g/mol. The predicted molar refractivity (Wildman–Crippen MR) is 69.8 cm³/mol. The van der Waals surface area contributed by atoms with E-state index in [4.69, 9.17) is 0 Å². The van der Waals surface area contributed by atoms with E-state index >= 15 is 0 Å². The molecule has 0 bridgehead atoms. The minimum atomic E-state index is -2.85. The lowest BCUT2D eigenvalue weighted by molar-refractivity contribution is 0.541. The summed E-state index contributed by atoms with van der Waals surface area (Å²) in [6, 6.07) is 8.72. The highest BCUT2D eigenvalue weighted by Gasteiger charge is 2.21. The highest BCUT2D eigenvalue weighted by molar-refractivity contribution is 7.91. The number of hydrogen-bond acceptors (Lipinski definition) is 3. The van der Waals surface area contributed by atoms with E-state index in [1.165, 1.54) is 11.1 Å². The number of rotatable bonds is 5. The van der Waals surface area contributed by atoms with Gasteiger partial charge >= 0.3 is 0 Å². The van der Waals surface area contributed by atoms with Gasteiger partial charge in [-0.3, -0.25) is 0 Å². The van der Waals surface area contributed by atoms with Crippen LogP contribution in [0, 0.1) is 0 Å². The molecule has 1 atom stereocenters. The Morgan fingerprint density at radius 2 is 2.12 bits per heavy atom. The van der Waals surface area contributed by atoms with Gasteiger partial charge in [-0.05, 0) is 24.0 Å². The Bertz CT molecular complexity index is 482. The minimum Gasteiger partial charge on any atom is -0.309 e. The Morgan fingerprint density at radius 3 is 2.88 bits per heavy atom. The molecule has 0 amide bonds. The van der Waals surface area contributed by atoms with Gasteiger partial charge in [0.15, 0.2) is 9.84 Å². The largest absolute Gasteiger partial charge is 0.309 e. The Balaban J connectivity index is 1.90. The van der Waals surface area contributed by atoms with E-state index in [-0.39, 0.29) is 11.5 Å². The van der Waals surface area contributed by atoms with E-state index in [0.717, 1.165) is 12.8 Å². The van der Waals surface area contributed by atoms with Crippen LogP contribution in [0.4, 0.5) is 0 Å². The quantitative estimate of drug-likeness (QED) is 0.868. The zero-order valence-electron chi connectivity index (χ0n) is 10.1. The lowest BCUT2D eigenvalue weighted by Gasteiger charge is -2.13. The van der Waals surface area contributed by atoms with Crippen LogP contribution in [-0.2, 0) is 16.3 Å². The molecule has 0 fully saturated rings. The first-order valence-corrected chi connectivity index (χ1v) is 7.96. The van der Waals surface area contributed by atoms with Crippen LogP contribution >= 0.6 is 0 Å². The van der Waals surface area contributed by atoms with Gasteiger partial charge in [-0.2, -0.15) is 0 Å². The van der Waals surface area contributed by atoms with E-state index < -0.39 is 9.84 Å². The van der Waals surface area contributed by atoms with Crippen LogP contribution in [0.3, 0.4) is 0 Å². The molecule has 17 heavy (non-hydrogen) atoms. The fourth-order valence-corrected chi connectivity index (χ4v) is 3.02. The van der Waals surface area contributed by atoms with Gasteiger partial charge < -0.3 is 5.32 Å². The molecule has 3 nitrogen and oxygen atoms in total. The maximum atomic E-state index is 11.4. The standard InChI is InChI=1S/C13H19NO2S/c1-2-17(15,16)10-9-14-13-8-7-11-5-3-4-6-12(11)13/h3-6,13-14H,2,7-10H2,1H3. The normalized spacial score (nSPS) is 19.2. The third-order valence-electron chi connectivity index (χ3n) is 3.38. The molecule has 0 aliphatic heterocycles. The van der Waals surface area contributed by atoms with E-state index in [1.807, 2.05) is 6.07 Å². The zero-order chi connectivity index (χ0) is 12.3. The zero-order valence-corrected chi connectivity index (χ0v) is 11.0. The fourth-order valence-electron chi connectivity index (χ4n) is 2.30. The van der Waals surface area contributed by atoms with Crippen molar-refractivity contribution in [2.45, 2.75) is 25.8 Å². The second kappa shape index (κ2) is 5.19. The van der Waals surface area contributed by atoms with Crippen LogP contribution in [0.25, 0.3) is 0 Å². The average Bonchev–Trinajstić information content (AvgIpc) is 2.73. The van der Waals surface area contributed by atoms with Crippen LogP contribution < -0.4 is 5.32 Å². The van der Waals surface area contributed by atoms with Gasteiger partial charge in [-0.25, -0.2) is 8.42 Å². The predicted octanol–water partition coefficient (Wildman–Crippen LogP) is 1.70. The summed E-state index contributed by atoms with van der Waals surface area (Å²) in [6.45, 7) is 2.25. The molecule has 0 saturated heterocycles. The Hall–Kier alpha value is -0.870. The van der Waals surface area contributed by atoms with E-state index in [1.54, 1.807) is 6.92 Å². The summed E-state index contributed by atoms with van der Waals surface area (Å²) >= 11 is 0. The fraction of sp³-hybridized carbons (Fsp3) is 0.538. The number of nitrogens with one attached hydrogen (secondary N) is 1. The number of aryl methyl sites for hydroxylation is 1. The van der Waals surface area contributed by atoms with Crippen molar-refractivity contribution < 1.29 is 8.42 Å². The molecule has 0 heterocycles. The van der Waals surface area contributed by atoms with Gasteiger partial charge in [0.1, 0.15) is 0 Å². The summed E-state index contributed by atoms with van der Waals surface area (Å²) in [5.41, 5.74) is 2.73. The molecule has 0 radical (unpaired) electrons. The van der Waals surface area contributed by atoms with Crippen molar-refractivity contribution in [3.8, 4) is 0 Å². The first-order valence-electron chi connectivity index (χ1n) is 6.14. The third-order valence-corrected chi connectivity index (χ3v) is 5.08. The second-order valence-corrected chi connectivity index (χ2v) is 6.95. The van der Waals surface area contributed by atoms with Crippen LogP contribution in [-0.4, -0.2) is 26.5 Å². The van der Waals surface area contributed by atoms with Crippen LogP contribution in [0.5, 0.6) is 0 Å². The molecule has 0 aromatic heterocycles. The molecule has 1 unspecified atom stereocenters. The van der Waals surface area contributed by atoms with Crippen molar-refractivity contribution in [1.29, 1.82) is 0 Å². The summed E-state index contributed by atoms with van der Waals surface area (Å²) in [5.74, 6) is 0.470. The highest BCUT2D eigenvalue weighted by Crippen LogP contribution is 2.30. The molecule has 94 valence electrons. The molecule has 1 aromatic carbocycles. The number of fused-ring (bicyclic) bond motifs is 1. The van der Waals surface area contributed by atoms with Gasteiger partial charge in [-0.15, -0.1) is 0 Å². The van der Waals surface area contributed by atoms with Gasteiger partial charge in [0.2, 0.25) is 0 Å². The maximum absolute atomic E-state index is 11.4. The van der Waals surface area contributed by atoms with E-state index in [2.05, 4.69) is 23.5 Å². The molecule has 0 spiro atoms. The maximum Gasteiger partial charge on any atom is 0.151 e.